The van der Waals surface area contributed by atoms with Gasteiger partial charge in [0.05, 0.1) is 13.1 Å². The fraction of sp³-hybridized carbons (Fsp3) is 0.444. The highest BCUT2D eigenvalue weighted by atomic mass is 19.4. The molecule has 0 fully saturated rings. The van der Waals surface area contributed by atoms with Crippen molar-refractivity contribution in [2.24, 2.45) is 4.99 Å². The van der Waals surface area contributed by atoms with Crippen molar-refractivity contribution in [1.29, 1.82) is 0 Å². The van der Waals surface area contributed by atoms with Gasteiger partial charge in [-0.15, -0.1) is 0 Å². The molecule has 2 N–H and O–H groups in total. The molecule has 0 aliphatic carbocycles. The molecule has 0 unspecified atom stereocenters. The largest absolute Gasteiger partial charge is 0.484 e. The molecule has 1 aromatic heterocycles. The third-order valence-electron chi connectivity index (χ3n) is 3.74. The first-order valence-corrected chi connectivity index (χ1v) is 8.80. The van der Waals surface area contributed by atoms with Crippen LogP contribution in [-0.2, 0) is 13.1 Å². The van der Waals surface area contributed by atoms with Crippen LogP contribution in [0.5, 0.6) is 5.75 Å². The van der Waals surface area contributed by atoms with Gasteiger partial charge in [0, 0.05) is 24.5 Å². The highest BCUT2D eigenvalue weighted by Gasteiger charge is 2.28. The van der Waals surface area contributed by atoms with Crippen molar-refractivity contribution < 1.29 is 26.7 Å². The van der Waals surface area contributed by atoms with E-state index in [0.717, 1.165) is 10.1 Å². The van der Waals surface area contributed by atoms with Gasteiger partial charge in [0.15, 0.2) is 12.6 Å². The minimum atomic E-state index is -4.45. The smallest absolute Gasteiger partial charge is 0.422 e. The van der Waals surface area contributed by atoms with E-state index in [1.54, 1.807) is 19.1 Å². The Balaban J connectivity index is 2.10. The molecule has 1 heterocycles. The number of hydrogen-bond acceptors (Lipinski definition) is 3. The number of imidazole rings is 1. The van der Waals surface area contributed by atoms with Gasteiger partial charge in [-0.1, -0.05) is 12.1 Å². The summed E-state index contributed by atoms with van der Waals surface area (Å²) in [6, 6.07) is 4.89. The molecule has 29 heavy (non-hydrogen) atoms. The van der Waals surface area contributed by atoms with Gasteiger partial charge < -0.3 is 15.4 Å². The lowest BCUT2D eigenvalue weighted by Gasteiger charge is -2.15. The Morgan fingerprint density at radius 1 is 1.28 bits per heavy atom. The van der Waals surface area contributed by atoms with E-state index >= 15 is 0 Å². The molecule has 2 rings (SSSR count). The molecule has 0 atom stereocenters. The van der Waals surface area contributed by atoms with Crippen LogP contribution >= 0.6 is 0 Å². The molecular formula is C18H22F5N5O. The van der Waals surface area contributed by atoms with Crippen LogP contribution in [-0.4, -0.2) is 34.8 Å². The van der Waals surface area contributed by atoms with Crippen LogP contribution in [0.3, 0.4) is 0 Å². The van der Waals surface area contributed by atoms with Gasteiger partial charge in [-0.2, -0.15) is 22.0 Å². The minimum absolute atomic E-state index is 0.00545. The van der Waals surface area contributed by atoms with E-state index < -0.39 is 19.3 Å². The summed E-state index contributed by atoms with van der Waals surface area (Å²) >= 11 is 0. The Labute approximate surface area is 164 Å². The summed E-state index contributed by atoms with van der Waals surface area (Å²) in [5.74, 6) is 0.518. The zero-order valence-electron chi connectivity index (χ0n) is 15.9. The van der Waals surface area contributed by atoms with Gasteiger partial charge >= 0.3 is 12.7 Å². The van der Waals surface area contributed by atoms with Crippen LogP contribution < -0.4 is 15.4 Å². The number of ether oxygens (including phenoxy) is 1. The molecule has 11 heteroatoms. The maximum atomic E-state index is 12.9. The quantitative estimate of drug-likeness (QED) is 0.388. The molecule has 0 amide bonds. The summed E-state index contributed by atoms with van der Waals surface area (Å²) in [6.07, 6.45) is -2.01. The molecule has 0 saturated heterocycles. The summed E-state index contributed by atoms with van der Waals surface area (Å²) < 4.78 is 68.8. The third kappa shape index (κ3) is 7.24. The van der Waals surface area contributed by atoms with Crippen molar-refractivity contribution in [1.82, 2.24) is 20.2 Å². The first-order chi connectivity index (χ1) is 13.7. The maximum absolute atomic E-state index is 12.9. The first kappa shape index (κ1) is 22.4. The van der Waals surface area contributed by atoms with Crippen molar-refractivity contribution in [3.8, 4) is 5.75 Å². The fourth-order valence-corrected chi connectivity index (χ4v) is 2.41. The molecule has 160 valence electrons. The van der Waals surface area contributed by atoms with E-state index in [1.807, 2.05) is 6.92 Å². The Morgan fingerprint density at radius 2 is 2.03 bits per heavy atom. The standard InChI is InChI=1S/C18H22F5N5O/c1-3-24-17(27-10-15-25-6-7-28(15)16(19)20)26-9-13-5-4-12(2)8-14(13)29-11-18(21,22)23/h4-8,16H,3,9-11H2,1-2H3,(H2,24,26,27). The molecule has 0 aliphatic rings. The second-order valence-corrected chi connectivity index (χ2v) is 6.09. The number of aromatic nitrogens is 2. The van der Waals surface area contributed by atoms with Crippen LogP contribution in [0.2, 0.25) is 0 Å². The van der Waals surface area contributed by atoms with E-state index in [-0.39, 0.29) is 24.7 Å². The Bertz CT molecular complexity index is 819. The summed E-state index contributed by atoms with van der Waals surface area (Å²) in [6.45, 7) is -0.0246. The molecule has 2 aromatic rings. The third-order valence-corrected chi connectivity index (χ3v) is 3.74. The molecule has 0 saturated carbocycles. The fourth-order valence-electron chi connectivity index (χ4n) is 2.41. The highest BCUT2D eigenvalue weighted by Crippen LogP contribution is 2.24. The van der Waals surface area contributed by atoms with Gasteiger partial charge in [0.1, 0.15) is 11.6 Å². The van der Waals surface area contributed by atoms with Crippen molar-refractivity contribution in [3.05, 3.63) is 47.5 Å². The second-order valence-electron chi connectivity index (χ2n) is 6.09. The lowest BCUT2D eigenvalue weighted by Crippen LogP contribution is -2.37. The van der Waals surface area contributed by atoms with Crippen molar-refractivity contribution >= 4 is 5.96 Å². The van der Waals surface area contributed by atoms with Gasteiger partial charge in [0.25, 0.3) is 0 Å². The van der Waals surface area contributed by atoms with Crippen LogP contribution in [0.25, 0.3) is 0 Å². The lowest BCUT2D eigenvalue weighted by molar-refractivity contribution is -0.153. The summed E-state index contributed by atoms with van der Waals surface area (Å²) in [5.41, 5.74) is 1.21. The van der Waals surface area contributed by atoms with E-state index in [9.17, 15) is 22.0 Å². The average molecular weight is 419 g/mol. The van der Waals surface area contributed by atoms with Crippen LogP contribution in [0.15, 0.2) is 35.6 Å². The number of hydrogen-bond donors (Lipinski definition) is 2. The van der Waals surface area contributed by atoms with Gasteiger partial charge in [-0.05, 0) is 25.5 Å². The SMILES string of the molecule is CCNC(=NCc1ccc(C)cc1OCC(F)(F)F)NCc1nccn1C(F)F. The number of nitrogens with zero attached hydrogens (tertiary/aromatic N) is 3. The normalized spacial score (nSPS) is 12.3. The molecule has 6 nitrogen and oxygen atoms in total. The number of rotatable bonds is 8. The average Bonchev–Trinajstić information content (AvgIpc) is 3.11. The number of benzene rings is 1. The van der Waals surface area contributed by atoms with Gasteiger partial charge in [-0.25, -0.2) is 9.98 Å². The van der Waals surface area contributed by atoms with Gasteiger partial charge in [-0.3, -0.25) is 4.57 Å². The maximum Gasteiger partial charge on any atom is 0.422 e. The topological polar surface area (TPSA) is 63.5 Å². The Hall–Kier alpha value is -2.85. The Kier molecular flexibility index (Phi) is 7.80. The van der Waals surface area contributed by atoms with Crippen molar-refractivity contribution in [2.45, 2.75) is 39.7 Å². The van der Waals surface area contributed by atoms with E-state index in [1.165, 1.54) is 18.5 Å². The first-order valence-electron chi connectivity index (χ1n) is 8.80. The number of aryl methyl sites for hydroxylation is 1. The molecular weight excluding hydrogens is 397 g/mol. The van der Waals surface area contributed by atoms with Crippen LogP contribution in [0.1, 0.15) is 30.4 Å². The van der Waals surface area contributed by atoms with E-state index in [0.29, 0.717) is 18.1 Å². The predicted octanol–water partition coefficient (Wildman–Crippen LogP) is 3.78. The predicted molar refractivity (Wildman–Crippen MR) is 97.9 cm³/mol. The number of aliphatic imine (C=N–C) groups is 1. The van der Waals surface area contributed by atoms with Crippen LogP contribution in [0.4, 0.5) is 22.0 Å². The zero-order chi connectivity index (χ0) is 21.4. The van der Waals surface area contributed by atoms with Crippen molar-refractivity contribution in [3.63, 3.8) is 0 Å². The molecule has 0 bridgehead atoms. The van der Waals surface area contributed by atoms with Gasteiger partial charge in [0.2, 0.25) is 0 Å². The van der Waals surface area contributed by atoms with E-state index in [4.69, 9.17) is 4.74 Å². The number of halogens is 5. The molecule has 0 radical (unpaired) electrons. The van der Waals surface area contributed by atoms with Crippen LogP contribution in [0, 0.1) is 6.92 Å². The monoisotopic (exact) mass is 419 g/mol. The van der Waals surface area contributed by atoms with Crippen molar-refractivity contribution in [2.75, 3.05) is 13.2 Å². The zero-order valence-corrected chi connectivity index (χ0v) is 15.9. The number of alkyl halides is 5. The summed E-state index contributed by atoms with van der Waals surface area (Å²) in [4.78, 5) is 8.17. The summed E-state index contributed by atoms with van der Waals surface area (Å²) in [5, 5.41) is 5.82. The molecule has 0 aliphatic heterocycles. The minimum Gasteiger partial charge on any atom is -0.484 e. The van der Waals surface area contributed by atoms with E-state index in [2.05, 4.69) is 20.6 Å². The molecule has 0 spiro atoms. The molecule has 1 aromatic carbocycles. The highest BCUT2D eigenvalue weighted by molar-refractivity contribution is 5.79. The lowest BCUT2D eigenvalue weighted by atomic mass is 10.1. The number of nitrogens with one attached hydrogen (secondary N) is 2. The second kappa shape index (κ2) is 10.1. The number of guanidine groups is 1. The Morgan fingerprint density at radius 3 is 2.69 bits per heavy atom. The summed E-state index contributed by atoms with van der Waals surface area (Å²) in [7, 11) is 0.